The van der Waals surface area contributed by atoms with Gasteiger partial charge in [0.25, 0.3) is 0 Å². The number of aromatic nitrogens is 2. The molecule has 134 valence electrons. The van der Waals surface area contributed by atoms with E-state index in [0.717, 1.165) is 10.7 Å². The van der Waals surface area contributed by atoms with E-state index in [9.17, 15) is 22.8 Å². The van der Waals surface area contributed by atoms with Crippen molar-refractivity contribution in [2.75, 3.05) is 26.2 Å². The summed E-state index contributed by atoms with van der Waals surface area (Å²) in [6.45, 7) is 4.22. The van der Waals surface area contributed by atoms with E-state index in [1.807, 2.05) is 0 Å². The minimum atomic E-state index is -4.47. The van der Waals surface area contributed by atoms with Gasteiger partial charge in [0.15, 0.2) is 0 Å². The molecular weight excluding hydrogens is 327 g/mol. The van der Waals surface area contributed by atoms with Gasteiger partial charge in [-0.1, -0.05) is 6.92 Å². The maximum atomic E-state index is 12.9. The quantitative estimate of drug-likeness (QED) is 0.852. The number of carbonyl (C=O) groups is 2. The Morgan fingerprint density at radius 3 is 2.83 bits per heavy atom. The molecule has 1 unspecified atom stereocenters. The second-order valence-corrected chi connectivity index (χ2v) is 5.91. The standard InChI is InChI=1S/C14H20F3N5O2/c1-9(6-19-13(24)21-4-3-18-12(23)8-21)7-22-11(14(15,16)17)5-10(2)20-22/h5,9H,3-4,6-8H2,1-2H3,(H,18,23)(H,19,24). The molecule has 24 heavy (non-hydrogen) atoms. The van der Waals surface area contributed by atoms with Gasteiger partial charge in [-0.2, -0.15) is 18.3 Å². The maximum Gasteiger partial charge on any atom is 0.433 e. The number of hydrogen-bond acceptors (Lipinski definition) is 3. The molecule has 3 amide bonds. The number of aryl methyl sites for hydroxylation is 1. The molecule has 1 aliphatic rings. The molecule has 1 aromatic heterocycles. The number of halogens is 3. The van der Waals surface area contributed by atoms with Crippen molar-refractivity contribution in [1.82, 2.24) is 25.3 Å². The van der Waals surface area contributed by atoms with Crippen LogP contribution in [0.5, 0.6) is 0 Å². The number of nitrogens with one attached hydrogen (secondary N) is 2. The van der Waals surface area contributed by atoms with Gasteiger partial charge in [0.1, 0.15) is 12.2 Å². The van der Waals surface area contributed by atoms with E-state index in [4.69, 9.17) is 0 Å². The maximum absolute atomic E-state index is 12.9. The lowest BCUT2D eigenvalue weighted by Gasteiger charge is -2.27. The predicted octanol–water partition coefficient (Wildman–Crippen LogP) is 0.988. The van der Waals surface area contributed by atoms with Crippen LogP contribution < -0.4 is 10.6 Å². The summed E-state index contributed by atoms with van der Waals surface area (Å²) >= 11 is 0. The van der Waals surface area contributed by atoms with Crippen LogP contribution in [0.3, 0.4) is 0 Å². The molecule has 1 atom stereocenters. The lowest BCUT2D eigenvalue weighted by atomic mass is 10.2. The molecule has 1 aromatic rings. The van der Waals surface area contributed by atoms with Crippen molar-refractivity contribution in [2.45, 2.75) is 26.6 Å². The summed E-state index contributed by atoms with van der Waals surface area (Å²) in [5, 5.41) is 9.12. The van der Waals surface area contributed by atoms with E-state index in [-0.39, 0.29) is 37.2 Å². The van der Waals surface area contributed by atoms with Crippen LogP contribution in [-0.2, 0) is 17.5 Å². The molecular formula is C14H20F3N5O2. The monoisotopic (exact) mass is 347 g/mol. The van der Waals surface area contributed by atoms with Crippen LogP contribution >= 0.6 is 0 Å². The van der Waals surface area contributed by atoms with Gasteiger partial charge in [-0.25, -0.2) is 4.79 Å². The number of rotatable bonds is 4. The number of piperazine rings is 1. The third-order valence-electron chi connectivity index (χ3n) is 3.60. The minimum Gasteiger partial charge on any atom is -0.353 e. The van der Waals surface area contributed by atoms with Crippen LogP contribution in [0.1, 0.15) is 18.3 Å². The summed E-state index contributed by atoms with van der Waals surface area (Å²) in [5.41, 5.74) is -0.510. The van der Waals surface area contributed by atoms with E-state index >= 15 is 0 Å². The van der Waals surface area contributed by atoms with Crippen molar-refractivity contribution in [3.8, 4) is 0 Å². The zero-order chi connectivity index (χ0) is 17.9. The molecule has 2 heterocycles. The Balaban J connectivity index is 1.88. The third-order valence-corrected chi connectivity index (χ3v) is 3.60. The smallest absolute Gasteiger partial charge is 0.353 e. The molecule has 0 saturated carbocycles. The molecule has 7 nitrogen and oxygen atoms in total. The van der Waals surface area contributed by atoms with E-state index in [1.165, 1.54) is 11.8 Å². The normalized spacial score (nSPS) is 16.7. The van der Waals surface area contributed by atoms with E-state index in [1.54, 1.807) is 6.92 Å². The minimum absolute atomic E-state index is 0.0171. The second kappa shape index (κ2) is 7.10. The molecule has 0 spiro atoms. The van der Waals surface area contributed by atoms with E-state index in [0.29, 0.717) is 13.1 Å². The molecule has 0 aliphatic carbocycles. The summed E-state index contributed by atoms with van der Waals surface area (Å²) in [7, 11) is 0. The van der Waals surface area contributed by atoms with Crippen LogP contribution in [0.2, 0.25) is 0 Å². The highest BCUT2D eigenvalue weighted by Gasteiger charge is 2.35. The topological polar surface area (TPSA) is 79.3 Å². The Bertz CT molecular complexity index is 614. The van der Waals surface area contributed by atoms with Gasteiger partial charge in [0.2, 0.25) is 5.91 Å². The van der Waals surface area contributed by atoms with Crippen molar-refractivity contribution in [2.24, 2.45) is 5.92 Å². The summed E-state index contributed by atoms with van der Waals surface area (Å²) in [6, 6.07) is 0.599. The van der Waals surface area contributed by atoms with Gasteiger partial charge in [-0.3, -0.25) is 9.48 Å². The Morgan fingerprint density at radius 1 is 1.50 bits per heavy atom. The summed E-state index contributed by atoms with van der Waals surface area (Å²) in [5.74, 6) is -0.487. The summed E-state index contributed by atoms with van der Waals surface area (Å²) in [4.78, 5) is 24.6. The van der Waals surface area contributed by atoms with Crippen molar-refractivity contribution >= 4 is 11.9 Å². The first-order valence-electron chi connectivity index (χ1n) is 7.58. The first-order valence-corrected chi connectivity index (χ1v) is 7.58. The fraction of sp³-hybridized carbons (Fsp3) is 0.643. The molecule has 1 saturated heterocycles. The molecule has 0 bridgehead atoms. The molecule has 2 rings (SSSR count). The van der Waals surface area contributed by atoms with Gasteiger partial charge in [0.05, 0.1) is 5.69 Å². The van der Waals surface area contributed by atoms with Crippen LogP contribution in [-0.4, -0.2) is 52.8 Å². The van der Waals surface area contributed by atoms with Crippen LogP contribution in [0.25, 0.3) is 0 Å². The SMILES string of the molecule is Cc1cc(C(F)(F)F)n(CC(C)CNC(=O)N2CCNC(=O)C2)n1. The van der Waals surface area contributed by atoms with Gasteiger partial charge in [0, 0.05) is 26.2 Å². The Hall–Kier alpha value is -2.26. The number of hydrogen-bond donors (Lipinski definition) is 2. The highest BCUT2D eigenvalue weighted by molar-refractivity contribution is 5.85. The Kier molecular flexibility index (Phi) is 5.35. The van der Waals surface area contributed by atoms with Gasteiger partial charge in [-0.05, 0) is 18.9 Å². The van der Waals surface area contributed by atoms with Crippen molar-refractivity contribution in [3.05, 3.63) is 17.5 Å². The van der Waals surface area contributed by atoms with Crippen molar-refractivity contribution in [1.29, 1.82) is 0 Å². The predicted molar refractivity (Wildman–Crippen MR) is 79.1 cm³/mol. The zero-order valence-corrected chi connectivity index (χ0v) is 13.5. The van der Waals surface area contributed by atoms with Crippen molar-refractivity contribution < 1.29 is 22.8 Å². The zero-order valence-electron chi connectivity index (χ0n) is 13.5. The molecule has 1 aliphatic heterocycles. The summed E-state index contributed by atoms with van der Waals surface area (Å²) < 4.78 is 39.7. The fourth-order valence-electron chi connectivity index (χ4n) is 2.46. The summed E-state index contributed by atoms with van der Waals surface area (Å²) in [6.07, 6.45) is -4.47. The number of amides is 3. The molecule has 10 heteroatoms. The average molecular weight is 347 g/mol. The van der Waals surface area contributed by atoms with Gasteiger partial charge >= 0.3 is 12.2 Å². The molecule has 0 aromatic carbocycles. The highest BCUT2D eigenvalue weighted by Crippen LogP contribution is 2.30. The average Bonchev–Trinajstić information content (AvgIpc) is 2.85. The third kappa shape index (κ3) is 4.62. The lowest BCUT2D eigenvalue weighted by molar-refractivity contribution is -0.144. The fourth-order valence-corrected chi connectivity index (χ4v) is 2.46. The number of urea groups is 1. The molecule has 1 fully saturated rings. The molecule has 2 N–H and O–H groups in total. The Labute approximate surface area is 137 Å². The second-order valence-electron chi connectivity index (χ2n) is 5.91. The number of carbonyl (C=O) groups excluding carboxylic acids is 2. The number of nitrogens with zero attached hydrogens (tertiary/aromatic N) is 3. The first kappa shape index (κ1) is 18.1. The van der Waals surface area contributed by atoms with Crippen LogP contribution in [0.4, 0.5) is 18.0 Å². The van der Waals surface area contributed by atoms with Crippen molar-refractivity contribution in [3.63, 3.8) is 0 Å². The highest BCUT2D eigenvalue weighted by atomic mass is 19.4. The number of alkyl halides is 3. The largest absolute Gasteiger partial charge is 0.433 e. The van der Waals surface area contributed by atoms with Gasteiger partial charge in [-0.15, -0.1) is 0 Å². The van der Waals surface area contributed by atoms with Gasteiger partial charge < -0.3 is 15.5 Å². The van der Waals surface area contributed by atoms with E-state index in [2.05, 4.69) is 15.7 Å². The molecule has 0 radical (unpaired) electrons. The lowest BCUT2D eigenvalue weighted by Crippen LogP contribution is -2.53. The first-order chi connectivity index (χ1) is 11.2. The Morgan fingerprint density at radius 2 is 2.21 bits per heavy atom. The van der Waals surface area contributed by atoms with Crippen LogP contribution in [0.15, 0.2) is 6.07 Å². The van der Waals surface area contributed by atoms with Crippen LogP contribution in [0, 0.1) is 12.8 Å². The van der Waals surface area contributed by atoms with E-state index < -0.39 is 17.9 Å².